The van der Waals surface area contributed by atoms with Crippen molar-refractivity contribution >= 4 is 43.4 Å². The minimum atomic E-state index is 0.948. The van der Waals surface area contributed by atoms with Crippen LogP contribution in [0.1, 0.15) is 0 Å². The highest BCUT2D eigenvalue weighted by atomic mass is 32.1. The zero-order chi connectivity index (χ0) is 25.8. The molecule has 0 aliphatic carbocycles. The van der Waals surface area contributed by atoms with Crippen molar-refractivity contribution < 1.29 is 0 Å². The summed E-state index contributed by atoms with van der Waals surface area (Å²) in [6.07, 6.45) is 5.98. The molecule has 39 heavy (non-hydrogen) atoms. The van der Waals surface area contributed by atoms with E-state index in [1.165, 1.54) is 26.5 Å². The van der Waals surface area contributed by atoms with E-state index in [9.17, 15) is 0 Å². The van der Waals surface area contributed by atoms with E-state index in [-0.39, 0.29) is 0 Å². The second-order valence-electron chi connectivity index (χ2n) is 9.61. The van der Waals surface area contributed by atoms with Gasteiger partial charge < -0.3 is 9.13 Å². The third-order valence-electron chi connectivity index (χ3n) is 7.27. The van der Waals surface area contributed by atoms with Gasteiger partial charge in [-0.3, -0.25) is 4.98 Å². The predicted molar refractivity (Wildman–Crippen MR) is 162 cm³/mol. The first-order valence-electron chi connectivity index (χ1n) is 12.9. The molecule has 4 nitrogen and oxygen atoms in total. The Bertz CT molecular complexity index is 2080. The van der Waals surface area contributed by atoms with Gasteiger partial charge in [0.15, 0.2) is 0 Å². The van der Waals surface area contributed by atoms with Gasteiger partial charge in [-0.25, -0.2) is 4.98 Å². The highest BCUT2D eigenvalue weighted by molar-refractivity contribution is 7.21. The summed E-state index contributed by atoms with van der Waals surface area (Å²) in [6, 6.07) is 40.6. The fourth-order valence-electron chi connectivity index (χ4n) is 5.40. The van der Waals surface area contributed by atoms with E-state index in [1.807, 2.05) is 36.8 Å². The van der Waals surface area contributed by atoms with E-state index in [4.69, 9.17) is 9.97 Å². The number of para-hydroxylation sites is 2. The summed E-state index contributed by atoms with van der Waals surface area (Å²) >= 11 is 1.74. The molecule has 0 amide bonds. The van der Waals surface area contributed by atoms with Crippen LogP contribution in [0.3, 0.4) is 0 Å². The highest BCUT2D eigenvalue weighted by Gasteiger charge is 2.15. The Labute approximate surface area is 229 Å². The number of rotatable bonds is 4. The zero-order valence-electron chi connectivity index (χ0n) is 20.9. The van der Waals surface area contributed by atoms with Crippen molar-refractivity contribution in [3.63, 3.8) is 0 Å². The van der Waals surface area contributed by atoms with Crippen molar-refractivity contribution in [2.24, 2.45) is 0 Å². The van der Waals surface area contributed by atoms with Crippen LogP contribution >= 0.6 is 11.3 Å². The van der Waals surface area contributed by atoms with Crippen molar-refractivity contribution in [2.75, 3.05) is 0 Å². The third-order valence-corrected chi connectivity index (χ3v) is 8.35. The van der Waals surface area contributed by atoms with Gasteiger partial charge in [-0.05, 0) is 60.7 Å². The first kappa shape index (κ1) is 22.0. The molecule has 0 aliphatic heterocycles. The van der Waals surface area contributed by atoms with E-state index in [1.54, 1.807) is 11.3 Å². The highest BCUT2D eigenvalue weighted by Crippen LogP contribution is 2.37. The van der Waals surface area contributed by atoms with Gasteiger partial charge in [0, 0.05) is 40.0 Å². The number of nitrogens with zero attached hydrogens (tertiary/aromatic N) is 4. The van der Waals surface area contributed by atoms with Gasteiger partial charge in [-0.2, -0.15) is 0 Å². The van der Waals surface area contributed by atoms with E-state index in [0.29, 0.717) is 0 Å². The average molecular weight is 519 g/mol. The second kappa shape index (κ2) is 8.79. The maximum absolute atomic E-state index is 4.92. The number of fused-ring (bicyclic) bond motifs is 4. The number of benzene rings is 4. The molecular formula is C34H22N4S. The van der Waals surface area contributed by atoms with Gasteiger partial charge in [0.1, 0.15) is 5.01 Å². The molecule has 8 aromatic rings. The van der Waals surface area contributed by atoms with Crippen molar-refractivity contribution in [3.8, 4) is 33.2 Å². The normalized spacial score (nSPS) is 11.6. The quantitative estimate of drug-likeness (QED) is 0.233. The lowest BCUT2D eigenvalue weighted by Gasteiger charge is -2.11. The monoisotopic (exact) mass is 518 g/mol. The topological polar surface area (TPSA) is 35.6 Å². The summed E-state index contributed by atoms with van der Waals surface area (Å²) in [5.41, 5.74) is 8.71. The molecule has 184 valence electrons. The Kier molecular flexibility index (Phi) is 4.96. The first-order chi connectivity index (χ1) is 19.3. The van der Waals surface area contributed by atoms with Crippen LogP contribution in [-0.4, -0.2) is 19.1 Å². The molecular weight excluding hydrogens is 496 g/mol. The minimum Gasteiger partial charge on any atom is -0.322 e. The van der Waals surface area contributed by atoms with Crippen LogP contribution in [0.5, 0.6) is 0 Å². The Hall–Kier alpha value is -5.00. The second-order valence-corrected chi connectivity index (χ2v) is 10.6. The molecule has 0 atom stereocenters. The molecule has 5 heteroatoms. The number of hydrogen-bond donors (Lipinski definition) is 0. The van der Waals surface area contributed by atoms with Crippen LogP contribution < -0.4 is 0 Å². The van der Waals surface area contributed by atoms with Gasteiger partial charge in [0.05, 0.1) is 38.8 Å². The Morgan fingerprint density at radius 1 is 0.590 bits per heavy atom. The van der Waals surface area contributed by atoms with Gasteiger partial charge in [0.2, 0.25) is 0 Å². The summed E-state index contributed by atoms with van der Waals surface area (Å²) in [5, 5.41) is 3.51. The Morgan fingerprint density at radius 3 is 2.31 bits per heavy atom. The summed E-state index contributed by atoms with van der Waals surface area (Å²) < 4.78 is 5.63. The summed E-state index contributed by atoms with van der Waals surface area (Å²) in [7, 11) is 0. The predicted octanol–water partition coefficient (Wildman–Crippen LogP) is 8.91. The Balaban J connectivity index is 1.28. The standard InChI is InChI=1S/C34H22N4S/c1-3-12-31-27(10-1)28-16-14-24(34-36-30-11-2-4-13-33(30)39-34)21-32(28)38(31)25-9-7-8-23(20-25)29-17-15-26(22-35-29)37-18-5-6-19-37/h1-22H. The number of pyridine rings is 1. The van der Waals surface area contributed by atoms with Gasteiger partial charge in [-0.15, -0.1) is 11.3 Å². The van der Waals surface area contributed by atoms with Crippen LogP contribution in [0.15, 0.2) is 134 Å². The molecule has 4 aromatic heterocycles. The van der Waals surface area contributed by atoms with E-state index >= 15 is 0 Å². The van der Waals surface area contributed by atoms with E-state index in [0.717, 1.165) is 38.7 Å². The summed E-state index contributed by atoms with van der Waals surface area (Å²) in [6.45, 7) is 0. The van der Waals surface area contributed by atoms with Crippen molar-refractivity contribution in [3.05, 3.63) is 134 Å². The number of hydrogen-bond acceptors (Lipinski definition) is 3. The first-order valence-corrected chi connectivity index (χ1v) is 13.7. The van der Waals surface area contributed by atoms with Gasteiger partial charge in [-0.1, -0.05) is 54.6 Å². The minimum absolute atomic E-state index is 0.948. The Morgan fingerprint density at radius 2 is 1.44 bits per heavy atom. The SMILES string of the molecule is c1cc(-c2ccc(-n3cccc3)cn2)cc(-n2c3ccccc3c3ccc(-c4nc5ccccc5s4)cc32)c1. The van der Waals surface area contributed by atoms with E-state index < -0.39 is 0 Å². The lowest BCUT2D eigenvalue weighted by molar-refractivity contribution is 1.06. The molecule has 0 bridgehead atoms. The molecule has 0 N–H and O–H groups in total. The molecule has 0 aliphatic rings. The maximum atomic E-state index is 4.92. The molecule has 0 saturated heterocycles. The molecule has 4 aromatic carbocycles. The zero-order valence-corrected chi connectivity index (χ0v) is 21.7. The lowest BCUT2D eigenvalue weighted by Crippen LogP contribution is -1.96. The molecule has 0 saturated carbocycles. The van der Waals surface area contributed by atoms with Crippen molar-refractivity contribution in [1.82, 2.24) is 19.1 Å². The molecule has 4 heterocycles. The lowest BCUT2D eigenvalue weighted by atomic mass is 10.1. The molecule has 8 rings (SSSR count). The fourth-order valence-corrected chi connectivity index (χ4v) is 6.36. The van der Waals surface area contributed by atoms with Gasteiger partial charge >= 0.3 is 0 Å². The van der Waals surface area contributed by atoms with Crippen LogP contribution in [-0.2, 0) is 0 Å². The smallest absolute Gasteiger partial charge is 0.124 e. The fraction of sp³-hybridized carbons (Fsp3) is 0. The maximum Gasteiger partial charge on any atom is 0.124 e. The summed E-state index contributed by atoms with van der Waals surface area (Å²) in [5.74, 6) is 0. The average Bonchev–Trinajstić information content (AvgIpc) is 3.75. The molecule has 0 fully saturated rings. The largest absolute Gasteiger partial charge is 0.322 e. The molecule has 0 unspecified atom stereocenters. The van der Waals surface area contributed by atoms with Crippen LogP contribution in [0.2, 0.25) is 0 Å². The molecule has 0 radical (unpaired) electrons. The van der Waals surface area contributed by atoms with Crippen molar-refractivity contribution in [1.29, 1.82) is 0 Å². The van der Waals surface area contributed by atoms with Crippen LogP contribution in [0, 0.1) is 0 Å². The van der Waals surface area contributed by atoms with Crippen LogP contribution in [0.25, 0.3) is 65.2 Å². The number of aromatic nitrogens is 4. The third kappa shape index (κ3) is 3.67. The number of thiazole rings is 1. The molecule has 0 spiro atoms. The summed E-state index contributed by atoms with van der Waals surface area (Å²) in [4.78, 5) is 9.71. The van der Waals surface area contributed by atoms with E-state index in [2.05, 4.69) is 106 Å². The van der Waals surface area contributed by atoms with Crippen LogP contribution in [0.4, 0.5) is 0 Å². The van der Waals surface area contributed by atoms with Gasteiger partial charge in [0.25, 0.3) is 0 Å². The van der Waals surface area contributed by atoms with Crippen molar-refractivity contribution in [2.45, 2.75) is 0 Å².